The first-order chi connectivity index (χ1) is 14.8. The summed E-state index contributed by atoms with van der Waals surface area (Å²) in [5, 5.41) is 2.95. The largest absolute Gasteiger partial charge is 0.348 e. The summed E-state index contributed by atoms with van der Waals surface area (Å²) in [6.07, 6.45) is 0. The molecule has 0 fully saturated rings. The Bertz CT molecular complexity index is 1240. The topological polar surface area (TPSA) is 87.6 Å². The minimum Gasteiger partial charge on any atom is -0.348 e. The maximum absolute atomic E-state index is 12.7. The highest BCUT2D eigenvalue weighted by Gasteiger charge is 2.31. The molecule has 1 aliphatic heterocycles. The van der Waals surface area contributed by atoms with Crippen LogP contribution in [0.15, 0.2) is 88.8 Å². The van der Waals surface area contributed by atoms with Gasteiger partial charge in [0.25, 0.3) is 10.0 Å². The molecule has 2 atom stereocenters. The molecule has 3 aromatic rings. The average molecular weight is 434 g/mol. The maximum atomic E-state index is 12.7. The van der Waals surface area contributed by atoms with Crippen molar-refractivity contribution < 1.29 is 13.2 Å². The van der Waals surface area contributed by atoms with Gasteiger partial charge in [0.15, 0.2) is 0 Å². The fraction of sp³-hybridized carbons (Fsp3) is 0.167. The van der Waals surface area contributed by atoms with Crippen LogP contribution in [0, 0.1) is 0 Å². The Morgan fingerprint density at radius 1 is 0.871 bits per heavy atom. The van der Waals surface area contributed by atoms with Crippen molar-refractivity contribution in [1.82, 2.24) is 10.0 Å². The van der Waals surface area contributed by atoms with E-state index in [1.54, 1.807) is 25.1 Å². The summed E-state index contributed by atoms with van der Waals surface area (Å²) < 4.78 is 26.9. The molecule has 158 valence electrons. The molecule has 0 saturated carbocycles. The number of nitrogens with one attached hydrogen (secondary N) is 2. The van der Waals surface area contributed by atoms with Crippen molar-refractivity contribution in [3.63, 3.8) is 0 Å². The van der Waals surface area contributed by atoms with E-state index in [4.69, 9.17) is 0 Å². The van der Waals surface area contributed by atoms with Gasteiger partial charge in [-0.3, -0.25) is 14.5 Å². The second-order valence-electron chi connectivity index (χ2n) is 7.47. The minimum absolute atomic E-state index is 0.174. The summed E-state index contributed by atoms with van der Waals surface area (Å²) in [6.45, 7) is 3.55. The van der Waals surface area contributed by atoms with Gasteiger partial charge in [-0.15, -0.1) is 0 Å². The van der Waals surface area contributed by atoms with E-state index in [2.05, 4.69) is 27.2 Å². The molecule has 0 aliphatic carbocycles. The zero-order valence-corrected chi connectivity index (χ0v) is 18.1. The normalized spacial score (nSPS) is 17.4. The Labute approximate surface area is 182 Å². The van der Waals surface area contributed by atoms with E-state index in [9.17, 15) is 13.2 Å². The number of hydrogen-bond acceptors (Lipinski definition) is 4. The Kier molecular flexibility index (Phi) is 5.61. The predicted molar refractivity (Wildman–Crippen MR) is 121 cm³/mol. The van der Waals surface area contributed by atoms with Crippen LogP contribution >= 0.6 is 0 Å². The third-order valence-electron chi connectivity index (χ3n) is 5.24. The molecule has 6 nitrogen and oxygen atoms in total. The number of carbonyl (C=O) groups is 1. The zero-order valence-electron chi connectivity index (χ0n) is 17.2. The first kappa shape index (κ1) is 20.8. The number of carbonyl (C=O) groups excluding carboxylic acids is 1. The highest BCUT2D eigenvalue weighted by atomic mass is 32.2. The Morgan fingerprint density at radius 2 is 1.48 bits per heavy atom. The van der Waals surface area contributed by atoms with Crippen molar-refractivity contribution in [3.8, 4) is 11.1 Å². The van der Waals surface area contributed by atoms with Crippen LogP contribution in [0.4, 0.5) is 0 Å². The summed E-state index contributed by atoms with van der Waals surface area (Å²) in [6, 6.07) is 23.7. The predicted octanol–water partition coefficient (Wildman–Crippen LogP) is 3.66. The number of hydrogen-bond donors (Lipinski definition) is 2. The maximum Gasteiger partial charge on any atom is 0.263 e. The number of sulfonamides is 1. The molecule has 1 heterocycles. The van der Waals surface area contributed by atoms with Gasteiger partial charge in [0.1, 0.15) is 11.9 Å². The number of rotatable bonds is 5. The molecule has 0 radical (unpaired) electrons. The van der Waals surface area contributed by atoms with E-state index in [1.165, 1.54) is 6.07 Å². The van der Waals surface area contributed by atoms with E-state index in [0.717, 1.165) is 16.7 Å². The summed E-state index contributed by atoms with van der Waals surface area (Å²) in [7, 11) is -3.63. The van der Waals surface area contributed by atoms with Gasteiger partial charge in [0.2, 0.25) is 5.91 Å². The molecule has 7 heteroatoms. The standard InChI is InChI=1S/C24H23N3O3S/c1-16(18-12-14-20(15-13-18)19-8-4-3-5-9-19)26-24(28)17(2)25-23-21-10-6-7-11-22(21)31(29,30)27-23/h3-17H,1-2H3,(H,25,27)(H,26,28). The average Bonchev–Trinajstić information content (AvgIpc) is 3.04. The number of nitrogens with zero attached hydrogens (tertiary/aromatic N) is 1. The molecule has 0 aromatic heterocycles. The lowest BCUT2D eigenvalue weighted by molar-refractivity contribution is -0.122. The van der Waals surface area contributed by atoms with Gasteiger partial charge in [0.05, 0.1) is 10.9 Å². The molecule has 2 unspecified atom stereocenters. The van der Waals surface area contributed by atoms with Gasteiger partial charge in [-0.2, -0.15) is 0 Å². The SMILES string of the molecule is CC(N=C1NS(=O)(=O)c2ccccc21)C(=O)NC(C)c1ccc(-c2ccccc2)cc1. The van der Waals surface area contributed by atoms with Crippen LogP contribution in [0.25, 0.3) is 11.1 Å². The lowest BCUT2D eigenvalue weighted by Gasteiger charge is -2.17. The monoisotopic (exact) mass is 433 g/mol. The number of benzene rings is 3. The highest BCUT2D eigenvalue weighted by Crippen LogP contribution is 2.23. The van der Waals surface area contributed by atoms with Crippen LogP contribution in [0.1, 0.15) is 31.0 Å². The number of amides is 1. The zero-order chi connectivity index (χ0) is 22.0. The first-order valence-corrected chi connectivity index (χ1v) is 11.5. The molecule has 3 aromatic carbocycles. The smallest absolute Gasteiger partial charge is 0.263 e. The van der Waals surface area contributed by atoms with Crippen molar-refractivity contribution in [2.75, 3.05) is 0 Å². The Hall–Kier alpha value is -3.45. The van der Waals surface area contributed by atoms with Crippen LogP contribution in [-0.2, 0) is 14.8 Å². The highest BCUT2D eigenvalue weighted by molar-refractivity contribution is 7.90. The lowest BCUT2D eigenvalue weighted by Crippen LogP contribution is -2.35. The van der Waals surface area contributed by atoms with Gasteiger partial charge in [-0.05, 0) is 42.7 Å². The van der Waals surface area contributed by atoms with Crippen LogP contribution in [0.2, 0.25) is 0 Å². The summed E-state index contributed by atoms with van der Waals surface area (Å²) in [5.41, 5.74) is 3.69. The molecule has 0 bridgehead atoms. The van der Waals surface area contributed by atoms with Crippen LogP contribution in [0.3, 0.4) is 0 Å². The quantitative estimate of drug-likeness (QED) is 0.644. The number of aliphatic imine (C=N–C) groups is 1. The van der Waals surface area contributed by atoms with E-state index in [0.29, 0.717) is 5.56 Å². The molecular formula is C24H23N3O3S. The molecule has 1 aliphatic rings. The van der Waals surface area contributed by atoms with E-state index in [-0.39, 0.29) is 22.7 Å². The number of amidine groups is 1. The Balaban J connectivity index is 1.45. The van der Waals surface area contributed by atoms with Crippen molar-refractivity contribution in [3.05, 3.63) is 90.0 Å². The van der Waals surface area contributed by atoms with Crippen LogP contribution < -0.4 is 10.0 Å². The fourth-order valence-electron chi connectivity index (χ4n) is 3.49. The molecular weight excluding hydrogens is 410 g/mol. The molecule has 31 heavy (non-hydrogen) atoms. The van der Waals surface area contributed by atoms with Gasteiger partial charge >= 0.3 is 0 Å². The summed E-state index contributed by atoms with van der Waals surface area (Å²) >= 11 is 0. The summed E-state index contributed by atoms with van der Waals surface area (Å²) in [4.78, 5) is 17.2. The molecule has 1 amide bonds. The lowest BCUT2D eigenvalue weighted by atomic mass is 10.0. The van der Waals surface area contributed by atoms with Crippen molar-refractivity contribution >= 4 is 21.8 Å². The fourth-order valence-corrected chi connectivity index (χ4v) is 4.73. The minimum atomic E-state index is -3.63. The second kappa shape index (κ2) is 8.35. The van der Waals surface area contributed by atoms with E-state index < -0.39 is 16.1 Å². The number of fused-ring (bicyclic) bond motifs is 1. The third kappa shape index (κ3) is 4.36. The van der Waals surface area contributed by atoms with Crippen molar-refractivity contribution in [2.24, 2.45) is 4.99 Å². The van der Waals surface area contributed by atoms with Crippen LogP contribution in [-0.4, -0.2) is 26.2 Å². The molecule has 4 rings (SSSR count). The molecule has 0 saturated heterocycles. The van der Waals surface area contributed by atoms with Crippen LogP contribution in [0.5, 0.6) is 0 Å². The molecule has 0 spiro atoms. The van der Waals surface area contributed by atoms with Gasteiger partial charge in [0, 0.05) is 5.56 Å². The van der Waals surface area contributed by atoms with Crippen molar-refractivity contribution in [1.29, 1.82) is 0 Å². The van der Waals surface area contributed by atoms with Gasteiger partial charge < -0.3 is 5.32 Å². The first-order valence-electron chi connectivity index (χ1n) is 10.0. The van der Waals surface area contributed by atoms with Gasteiger partial charge in [-0.1, -0.05) is 66.7 Å². The summed E-state index contributed by atoms with van der Waals surface area (Å²) in [5.74, 6) is -0.0890. The van der Waals surface area contributed by atoms with Gasteiger partial charge in [-0.25, -0.2) is 8.42 Å². The van der Waals surface area contributed by atoms with E-state index >= 15 is 0 Å². The Morgan fingerprint density at radius 3 is 2.19 bits per heavy atom. The third-order valence-corrected chi connectivity index (χ3v) is 6.64. The van der Waals surface area contributed by atoms with E-state index in [1.807, 2.05) is 49.4 Å². The van der Waals surface area contributed by atoms with Crippen molar-refractivity contribution in [2.45, 2.75) is 30.8 Å². The molecule has 2 N–H and O–H groups in total. The second-order valence-corrected chi connectivity index (χ2v) is 9.12.